The third-order valence-electron chi connectivity index (χ3n) is 2.22. The van der Waals surface area contributed by atoms with Gasteiger partial charge in [-0.15, -0.1) is 0 Å². The van der Waals surface area contributed by atoms with Crippen molar-refractivity contribution in [2.75, 3.05) is 0 Å². The molecule has 1 aliphatic rings. The minimum absolute atomic E-state index is 0.332. The van der Waals surface area contributed by atoms with Crippen LogP contribution < -0.4 is 5.73 Å². The number of hydrogen-bond donors (Lipinski definition) is 1. The van der Waals surface area contributed by atoms with E-state index in [1.54, 1.807) is 0 Å². The number of furan rings is 1. The molecule has 13 heavy (non-hydrogen) atoms. The summed E-state index contributed by atoms with van der Waals surface area (Å²) in [7, 11) is 0. The van der Waals surface area contributed by atoms with Crippen LogP contribution in [0.25, 0.3) is 0 Å². The first-order valence-corrected chi connectivity index (χ1v) is 5.15. The highest BCUT2D eigenvalue weighted by molar-refractivity contribution is 9.10. The zero-order valence-corrected chi connectivity index (χ0v) is 8.79. The Morgan fingerprint density at radius 3 is 2.85 bits per heavy atom. The van der Waals surface area contributed by atoms with Crippen LogP contribution in [-0.4, -0.2) is 12.1 Å². The molecule has 72 valence electrons. The van der Waals surface area contributed by atoms with Gasteiger partial charge in [0.15, 0.2) is 4.67 Å². The SMILES string of the molecule is NC1CC(OCc2ccc(Br)o2)C1. The molecule has 0 aliphatic heterocycles. The Morgan fingerprint density at radius 2 is 2.31 bits per heavy atom. The van der Waals surface area contributed by atoms with Crippen molar-refractivity contribution in [3.63, 3.8) is 0 Å². The van der Waals surface area contributed by atoms with E-state index in [9.17, 15) is 0 Å². The average molecular weight is 246 g/mol. The van der Waals surface area contributed by atoms with Crippen LogP contribution in [0.3, 0.4) is 0 Å². The Bertz CT molecular complexity index is 281. The summed E-state index contributed by atoms with van der Waals surface area (Å²) in [5.41, 5.74) is 5.63. The van der Waals surface area contributed by atoms with Crippen molar-refractivity contribution in [2.45, 2.75) is 31.6 Å². The molecule has 1 aromatic heterocycles. The van der Waals surface area contributed by atoms with Crippen LogP contribution in [-0.2, 0) is 11.3 Å². The highest BCUT2D eigenvalue weighted by atomic mass is 79.9. The van der Waals surface area contributed by atoms with Crippen molar-refractivity contribution >= 4 is 15.9 Å². The van der Waals surface area contributed by atoms with Crippen LogP contribution in [0.4, 0.5) is 0 Å². The van der Waals surface area contributed by atoms with Crippen LogP contribution in [0.15, 0.2) is 21.2 Å². The lowest BCUT2D eigenvalue weighted by molar-refractivity contribution is -0.0255. The summed E-state index contributed by atoms with van der Waals surface area (Å²) >= 11 is 3.24. The molecule has 0 spiro atoms. The van der Waals surface area contributed by atoms with Gasteiger partial charge in [0.25, 0.3) is 0 Å². The van der Waals surface area contributed by atoms with E-state index in [1.165, 1.54) is 0 Å². The van der Waals surface area contributed by atoms with Crippen molar-refractivity contribution in [1.82, 2.24) is 0 Å². The Hall–Kier alpha value is -0.320. The van der Waals surface area contributed by atoms with Crippen molar-refractivity contribution in [3.8, 4) is 0 Å². The average Bonchev–Trinajstić information content (AvgIpc) is 2.43. The van der Waals surface area contributed by atoms with Gasteiger partial charge in [-0.2, -0.15) is 0 Å². The second kappa shape index (κ2) is 3.82. The fourth-order valence-electron chi connectivity index (χ4n) is 1.37. The number of hydrogen-bond acceptors (Lipinski definition) is 3. The lowest BCUT2D eigenvalue weighted by atomic mass is 9.90. The molecule has 1 fully saturated rings. The zero-order valence-electron chi connectivity index (χ0n) is 7.20. The molecule has 4 heteroatoms. The van der Waals surface area contributed by atoms with E-state index < -0.39 is 0 Å². The van der Waals surface area contributed by atoms with Crippen LogP contribution >= 0.6 is 15.9 Å². The van der Waals surface area contributed by atoms with Crippen LogP contribution in [0.2, 0.25) is 0 Å². The molecular weight excluding hydrogens is 234 g/mol. The topological polar surface area (TPSA) is 48.4 Å². The maximum atomic E-state index is 5.63. The highest BCUT2D eigenvalue weighted by Crippen LogP contribution is 2.23. The largest absolute Gasteiger partial charge is 0.452 e. The molecule has 0 bridgehead atoms. The second-order valence-electron chi connectivity index (χ2n) is 3.37. The van der Waals surface area contributed by atoms with E-state index in [4.69, 9.17) is 14.9 Å². The molecule has 2 rings (SSSR count). The zero-order chi connectivity index (χ0) is 9.26. The minimum atomic E-state index is 0.332. The molecule has 2 N–H and O–H groups in total. The number of ether oxygens (including phenoxy) is 1. The third-order valence-corrected chi connectivity index (χ3v) is 2.65. The molecule has 0 radical (unpaired) electrons. The first-order valence-electron chi connectivity index (χ1n) is 4.35. The lowest BCUT2D eigenvalue weighted by Crippen LogP contribution is -2.41. The molecular formula is C9H12BrNO2. The predicted molar refractivity (Wildman–Crippen MR) is 52.2 cm³/mol. The quantitative estimate of drug-likeness (QED) is 0.887. The molecule has 1 saturated carbocycles. The van der Waals surface area contributed by atoms with Crippen molar-refractivity contribution in [1.29, 1.82) is 0 Å². The van der Waals surface area contributed by atoms with Gasteiger partial charge in [0, 0.05) is 6.04 Å². The van der Waals surface area contributed by atoms with E-state index in [2.05, 4.69) is 15.9 Å². The Morgan fingerprint density at radius 1 is 1.54 bits per heavy atom. The minimum Gasteiger partial charge on any atom is -0.452 e. The number of rotatable bonds is 3. The normalized spacial score (nSPS) is 27.2. The molecule has 1 heterocycles. The molecule has 0 saturated heterocycles. The summed E-state index contributed by atoms with van der Waals surface area (Å²) in [6.45, 7) is 0.545. The van der Waals surface area contributed by atoms with Gasteiger partial charge in [-0.25, -0.2) is 0 Å². The van der Waals surface area contributed by atoms with Gasteiger partial charge in [-0.1, -0.05) is 0 Å². The van der Waals surface area contributed by atoms with Gasteiger partial charge in [0.2, 0.25) is 0 Å². The predicted octanol–water partition coefficient (Wildman–Crippen LogP) is 2.05. The third kappa shape index (κ3) is 2.33. The summed E-state index contributed by atoms with van der Waals surface area (Å²) in [6.07, 6.45) is 2.28. The van der Waals surface area contributed by atoms with Gasteiger partial charge >= 0.3 is 0 Å². The van der Waals surface area contributed by atoms with Gasteiger partial charge < -0.3 is 14.9 Å². The van der Waals surface area contributed by atoms with Gasteiger partial charge in [0.05, 0.1) is 6.10 Å². The van der Waals surface area contributed by atoms with E-state index in [-0.39, 0.29) is 0 Å². The monoisotopic (exact) mass is 245 g/mol. The Labute approximate surface area is 85.4 Å². The second-order valence-corrected chi connectivity index (χ2v) is 4.15. The molecule has 0 atom stereocenters. The fourth-order valence-corrected chi connectivity index (χ4v) is 1.71. The van der Waals surface area contributed by atoms with Gasteiger partial charge in [0.1, 0.15) is 12.4 Å². The molecule has 0 aromatic carbocycles. The smallest absolute Gasteiger partial charge is 0.169 e. The van der Waals surface area contributed by atoms with E-state index in [0.717, 1.165) is 23.3 Å². The Kier molecular flexibility index (Phi) is 2.71. The van der Waals surface area contributed by atoms with Crippen molar-refractivity contribution in [2.24, 2.45) is 5.73 Å². The summed E-state index contributed by atoms with van der Waals surface area (Å²) < 4.78 is 11.6. The fraction of sp³-hybridized carbons (Fsp3) is 0.556. The highest BCUT2D eigenvalue weighted by Gasteiger charge is 2.26. The standard InChI is InChI=1S/C9H12BrNO2/c10-9-2-1-7(13-9)5-12-8-3-6(11)4-8/h1-2,6,8H,3-5,11H2. The van der Waals surface area contributed by atoms with Crippen molar-refractivity contribution in [3.05, 3.63) is 22.6 Å². The molecule has 0 unspecified atom stereocenters. The number of nitrogens with two attached hydrogens (primary N) is 1. The van der Waals surface area contributed by atoms with Crippen LogP contribution in [0, 0.1) is 0 Å². The molecule has 1 aromatic rings. The molecule has 0 amide bonds. The maximum absolute atomic E-state index is 5.63. The van der Waals surface area contributed by atoms with E-state index >= 15 is 0 Å². The summed E-state index contributed by atoms with van der Waals surface area (Å²) in [5.74, 6) is 0.854. The van der Waals surface area contributed by atoms with Crippen molar-refractivity contribution < 1.29 is 9.15 Å². The van der Waals surface area contributed by atoms with Crippen LogP contribution in [0.5, 0.6) is 0 Å². The van der Waals surface area contributed by atoms with Gasteiger partial charge in [-0.05, 0) is 40.9 Å². The van der Waals surface area contributed by atoms with Gasteiger partial charge in [-0.3, -0.25) is 0 Å². The lowest BCUT2D eigenvalue weighted by Gasteiger charge is -2.31. The first kappa shape index (κ1) is 9.24. The van der Waals surface area contributed by atoms with Crippen LogP contribution in [0.1, 0.15) is 18.6 Å². The summed E-state index contributed by atoms with van der Waals surface area (Å²) in [4.78, 5) is 0. The summed E-state index contributed by atoms with van der Waals surface area (Å²) in [5, 5.41) is 0. The van der Waals surface area contributed by atoms with E-state index in [0.29, 0.717) is 18.8 Å². The maximum Gasteiger partial charge on any atom is 0.169 e. The number of halogens is 1. The Balaban J connectivity index is 1.74. The first-order chi connectivity index (χ1) is 6.24. The molecule has 1 aliphatic carbocycles. The summed E-state index contributed by atoms with van der Waals surface area (Å²) in [6, 6.07) is 4.11. The van der Waals surface area contributed by atoms with E-state index in [1.807, 2.05) is 12.1 Å². The molecule has 3 nitrogen and oxygen atoms in total.